The number of nitrogens with zero attached hydrogens (tertiary/aromatic N) is 5. The van der Waals surface area contributed by atoms with Gasteiger partial charge in [0.2, 0.25) is 11.9 Å². The van der Waals surface area contributed by atoms with Gasteiger partial charge in [0.05, 0.1) is 12.1 Å². The lowest BCUT2D eigenvalue weighted by molar-refractivity contribution is 0.513. The molecule has 0 saturated carbocycles. The fourth-order valence-corrected chi connectivity index (χ4v) is 2.19. The summed E-state index contributed by atoms with van der Waals surface area (Å²) in [5.74, 6) is 0.359. The summed E-state index contributed by atoms with van der Waals surface area (Å²) in [6, 6.07) is 4.95. The van der Waals surface area contributed by atoms with Crippen molar-refractivity contribution in [1.29, 1.82) is 0 Å². The van der Waals surface area contributed by atoms with Crippen LogP contribution in [-0.4, -0.2) is 33.6 Å². The average Bonchev–Trinajstić information content (AvgIpc) is 2.74. The maximum absolute atomic E-state index is 12.0. The highest BCUT2D eigenvalue weighted by molar-refractivity contribution is 6.31. The van der Waals surface area contributed by atoms with E-state index in [0.717, 1.165) is 0 Å². The molecule has 0 radical (unpaired) electrons. The first-order valence-electron chi connectivity index (χ1n) is 6.40. The molecule has 0 aliphatic carbocycles. The predicted octanol–water partition coefficient (Wildman–Crippen LogP) is 1.13. The van der Waals surface area contributed by atoms with Crippen molar-refractivity contribution in [2.24, 2.45) is 0 Å². The summed E-state index contributed by atoms with van der Waals surface area (Å²) in [4.78, 5) is 26.0. The van der Waals surface area contributed by atoms with Gasteiger partial charge in [0.15, 0.2) is 11.4 Å². The second kappa shape index (κ2) is 5.30. The summed E-state index contributed by atoms with van der Waals surface area (Å²) in [6.07, 6.45) is 0. The van der Waals surface area contributed by atoms with Gasteiger partial charge in [-0.15, -0.1) is 0 Å². The third kappa shape index (κ3) is 2.60. The fraction of sp³-hybridized carbons (Fsp3) is 0.231. The summed E-state index contributed by atoms with van der Waals surface area (Å²) in [5.41, 5.74) is 6.70. The third-order valence-electron chi connectivity index (χ3n) is 3.02. The molecule has 2 aromatic heterocycles. The molecule has 114 valence electrons. The number of aromatic nitrogens is 4. The van der Waals surface area contributed by atoms with E-state index < -0.39 is 5.76 Å². The van der Waals surface area contributed by atoms with Gasteiger partial charge in [-0.05, 0) is 18.2 Å². The lowest BCUT2D eigenvalue weighted by Gasteiger charge is -2.11. The Labute approximate surface area is 130 Å². The van der Waals surface area contributed by atoms with Gasteiger partial charge in [-0.3, -0.25) is 4.57 Å². The third-order valence-corrected chi connectivity index (χ3v) is 3.25. The number of nitrogen functional groups attached to an aromatic ring is 1. The molecule has 1 aromatic carbocycles. The van der Waals surface area contributed by atoms with Gasteiger partial charge in [-0.1, -0.05) is 11.6 Å². The first-order chi connectivity index (χ1) is 10.4. The predicted molar refractivity (Wildman–Crippen MR) is 83.2 cm³/mol. The van der Waals surface area contributed by atoms with Crippen molar-refractivity contribution in [3.8, 4) is 0 Å². The van der Waals surface area contributed by atoms with Crippen LogP contribution >= 0.6 is 11.6 Å². The molecule has 0 spiro atoms. The zero-order chi connectivity index (χ0) is 15.9. The van der Waals surface area contributed by atoms with Crippen molar-refractivity contribution in [2.75, 3.05) is 24.7 Å². The Hall–Kier alpha value is -2.61. The summed E-state index contributed by atoms with van der Waals surface area (Å²) in [5, 5.41) is 0.506. The molecule has 8 nitrogen and oxygen atoms in total. The van der Waals surface area contributed by atoms with E-state index in [9.17, 15) is 4.79 Å². The van der Waals surface area contributed by atoms with Gasteiger partial charge in [0, 0.05) is 19.1 Å². The Morgan fingerprint density at radius 1 is 1.32 bits per heavy atom. The molecular formula is C13H13ClN6O2. The van der Waals surface area contributed by atoms with E-state index in [2.05, 4.69) is 15.0 Å². The van der Waals surface area contributed by atoms with Crippen LogP contribution < -0.4 is 16.4 Å². The topological polar surface area (TPSA) is 103 Å². The van der Waals surface area contributed by atoms with E-state index in [-0.39, 0.29) is 12.5 Å². The van der Waals surface area contributed by atoms with E-state index in [0.29, 0.717) is 27.9 Å². The maximum atomic E-state index is 12.0. The van der Waals surface area contributed by atoms with Crippen molar-refractivity contribution >= 4 is 34.6 Å². The second-order valence-electron chi connectivity index (χ2n) is 4.87. The monoisotopic (exact) mass is 320 g/mol. The lowest BCUT2D eigenvalue weighted by Crippen LogP contribution is -2.20. The zero-order valence-electron chi connectivity index (χ0n) is 11.9. The fourth-order valence-electron chi connectivity index (χ4n) is 2.02. The maximum Gasteiger partial charge on any atom is 0.420 e. The van der Waals surface area contributed by atoms with Crippen LogP contribution in [0.3, 0.4) is 0 Å². The first kappa shape index (κ1) is 14.3. The van der Waals surface area contributed by atoms with Crippen molar-refractivity contribution < 1.29 is 4.42 Å². The van der Waals surface area contributed by atoms with Crippen LogP contribution in [0.5, 0.6) is 0 Å². The summed E-state index contributed by atoms with van der Waals surface area (Å²) in [7, 11) is 3.58. The summed E-state index contributed by atoms with van der Waals surface area (Å²) in [6.45, 7) is 0.111. The number of hydrogen-bond donors (Lipinski definition) is 1. The minimum atomic E-state index is -0.511. The standard InChI is InChI=1S/C13H13ClN6O2/c1-19(2)12-17-10(16-11(15)18-12)6-20-8-5-7(14)3-4-9(8)22-13(20)21/h3-5H,6H2,1-2H3,(H2,15,16,17,18). The van der Waals surface area contributed by atoms with Gasteiger partial charge in [0.1, 0.15) is 0 Å². The molecule has 0 atom stereocenters. The van der Waals surface area contributed by atoms with Crippen LogP contribution in [0.15, 0.2) is 27.4 Å². The number of nitrogens with two attached hydrogens (primary N) is 1. The summed E-state index contributed by atoms with van der Waals surface area (Å²) < 4.78 is 6.57. The largest absolute Gasteiger partial charge is 0.420 e. The van der Waals surface area contributed by atoms with Crippen LogP contribution in [0, 0.1) is 0 Å². The van der Waals surface area contributed by atoms with E-state index in [4.69, 9.17) is 21.8 Å². The first-order valence-corrected chi connectivity index (χ1v) is 6.78. The summed E-state index contributed by atoms with van der Waals surface area (Å²) >= 11 is 5.97. The highest BCUT2D eigenvalue weighted by Gasteiger charge is 2.13. The van der Waals surface area contributed by atoms with Crippen LogP contribution in [0.1, 0.15) is 5.82 Å². The minimum absolute atomic E-state index is 0.0904. The van der Waals surface area contributed by atoms with E-state index in [1.807, 2.05) is 0 Å². The van der Waals surface area contributed by atoms with Crippen LogP contribution in [-0.2, 0) is 6.54 Å². The number of benzene rings is 1. The Kier molecular flexibility index (Phi) is 3.45. The molecule has 0 bridgehead atoms. The smallest absolute Gasteiger partial charge is 0.408 e. The Bertz CT molecular complexity index is 901. The molecule has 0 fully saturated rings. The van der Waals surface area contributed by atoms with Crippen LogP contribution in [0.4, 0.5) is 11.9 Å². The number of oxazole rings is 1. The quantitative estimate of drug-likeness (QED) is 0.771. The Balaban J connectivity index is 2.09. The van der Waals surface area contributed by atoms with Crippen molar-refractivity contribution in [1.82, 2.24) is 19.5 Å². The van der Waals surface area contributed by atoms with E-state index in [1.165, 1.54) is 4.57 Å². The van der Waals surface area contributed by atoms with Crippen LogP contribution in [0.2, 0.25) is 5.02 Å². The van der Waals surface area contributed by atoms with Crippen molar-refractivity contribution in [3.63, 3.8) is 0 Å². The number of rotatable bonds is 3. The number of hydrogen-bond acceptors (Lipinski definition) is 7. The molecule has 9 heteroatoms. The molecule has 0 amide bonds. The molecule has 0 unspecified atom stereocenters. The van der Waals surface area contributed by atoms with Gasteiger partial charge < -0.3 is 15.1 Å². The molecular weight excluding hydrogens is 308 g/mol. The number of anilines is 2. The van der Waals surface area contributed by atoms with Gasteiger partial charge >= 0.3 is 5.76 Å². The van der Waals surface area contributed by atoms with E-state index >= 15 is 0 Å². The lowest BCUT2D eigenvalue weighted by atomic mass is 10.3. The van der Waals surface area contributed by atoms with Crippen LogP contribution in [0.25, 0.3) is 11.1 Å². The normalized spacial score (nSPS) is 11.0. The zero-order valence-corrected chi connectivity index (χ0v) is 12.7. The van der Waals surface area contributed by atoms with Gasteiger partial charge in [0.25, 0.3) is 0 Å². The molecule has 3 aromatic rings. The molecule has 0 saturated heterocycles. The molecule has 0 aliphatic heterocycles. The Morgan fingerprint density at radius 2 is 2.09 bits per heavy atom. The Morgan fingerprint density at radius 3 is 2.82 bits per heavy atom. The second-order valence-corrected chi connectivity index (χ2v) is 5.31. The highest BCUT2D eigenvalue weighted by atomic mass is 35.5. The average molecular weight is 321 g/mol. The molecule has 2 N–H and O–H groups in total. The molecule has 3 rings (SSSR count). The SMILES string of the molecule is CN(C)c1nc(N)nc(Cn2c(=O)oc3ccc(Cl)cc32)n1. The minimum Gasteiger partial charge on any atom is -0.408 e. The molecule has 2 heterocycles. The van der Waals surface area contributed by atoms with E-state index in [1.54, 1.807) is 37.2 Å². The highest BCUT2D eigenvalue weighted by Crippen LogP contribution is 2.19. The van der Waals surface area contributed by atoms with Gasteiger partial charge in [-0.2, -0.15) is 15.0 Å². The molecule has 0 aliphatic rings. The molecule has 22 heavy (non-hydrogen) atoms. The number of fused-ring (bicyclic) bond motifs is 1. The van der Waals surface area contributed by atoms with Crippen molar-refractivity contribution in [2.45, 2.75) is 6.54 Å². The van der Waals surface area contributed by atoms with Crippen molar-refractivity contribution in [3.05, 3.63) is 39.6 Å². The van der Waals surface area contributed by atoms with Gasteiger partial charge in [-0.25, -0.2) is 4.79 Å². The number of halogens is 1.